The number of hydrogen-bond acceptors (Lipinski definition) is 8. The number of benzene rings is 1. The van der Waals surface area contributed by atoms with Gasteiger partial charge in [0.25, 0.3) is 6.23 Å². The Labute approximate surface area is 190 Å². The van der Waals surface area contributed by atoms with E-state index >= 15 is 0 Å². The van der Waals surface area contributed by atoms with Crippen LogP contribution < -0.4 is 4.57 Å². The van der Waals surface area contributed by atoms with Crippen molar-refractivity contribution >= 4 is 25.2 Å². The van der Waals surface area contributed by atoms with Crippen LogP contribution in [0.5, 0.6) is 0 Å². The van der Waals surface area contributed by atoms with Crippen LogP contribution in [-0.2, 0) is 22.9 Å². The Morgan fingerprint density at radius 1 is 1.28 bits per heavy atom. The van der Waals surface area contributed by atoms with Gasteiger partial charge in [-0.15, -0.1) is 0 Å². The smallest absolute Gasteiger partial charge is 0.387 e. The third kappa shape index (κ3) is 5.11. The van der Waals surface area contributed by atoms with Gasteiger partial charge in [0, 0.05) is 17.5 Å². The zero-order chi connectivity index (χ0) is 22.9. The Morgan fingerprint density at radius 3 is 2.84 bits per heavy atom. The quantitative estimate of drug-likeness (QED) is 0.365. The maximum absolute atomic E-state index is 13.0. The van der Waals surface area contributed by atoms with Crippen LogP contribution in [0.1, 0.15) is 41.6 Å². The van der Waals surface area contributed by atoms with Crippen LogP contribution in [0.2, 0.25) is 5.02 Å². The van der Waals surface area contributed by atoms with Crippen LogP contribution in [0.4, 0.5) is 0 Å². The first-order chi connectivity index (χ1) is 15.3. The van der Waals surface area contributed by atoms with Crippen LogP contribution in [-0.4, -0.2) is 47.5 Å². The molecular formula is C21H24ClNO8P+. The molecule has 2 N–H and O–H groups in total. The molecule has 4 rings (SSSR count). The summed E-state index contributed by atoms with van der Waals surface area (Å²) >= 11 is 6.03. The summed E-state index contributed by atoms with van der Waals surface area (Å²) in [6.07, 6.45) is -1.46. The summed E-state index contributed by atoms with van der Waals surface area (Å²) in [4.78, 5) is 11.6. The zero-order valence-electron chi connectivity index (χ0n) is 17.2. The van der Waals surface area contributed by atoms with Crippen molar-refractivity contribution in [3.8, 4) is 0 Å². The molecule has 2 aromatic rings. The molecule has 172 valence electrons. The van der Waals surface area contributed by atoms with E-state index in [0.717, 1.165) is 5.56 Å². The predicted molar refractivity (Wildman–Crippen MR) is 112 cm³/mol. The molecule has 3 unspecified atom stereocenters. The van der Waals surface area contributed by atoms with Gasteiger partial charge in [0.05, 0.1) is 24.9 Å². The van der Waals surface area contributed by atoms with Crippen molar-refractivity contribution in [1.29, 1.82) is 0 Å². The fraction of sp³-hybridized carbons (Fsp3) is 0.429. The Morgan fingerprint density at radius 2 is 2.09 bits per heavy atom. The number of aliphatic hydroxyl groups excluding tert-OH is 2. The number of phosphoric ester groups is 1. The van der Waals surface area contributed by atoms with E-state index in [9.17, 15) is 19.6 Å². The molecule has 32 heavy (non-hydrogen) atoms. The number of ether oxygens (including phenoxy) is 1. The molecule has 3 heterocycles. The molecule has 1 aromatic heterocycles. The van der Waals surface area contributed by atoms with Crippen molar-refractivity contribution < 1.29 is 42.4 Å². The Hall–Kier alpha value is -1.68. The highest BCUT2D eigenvalue weighted by molar-refractivity contribution is 7.48. The van der Waals surface area contributed by atoms with Crippen LogP contribution in [0.25, 0.3) is 0 Å². The van der Waals surface area contributed by atoms with Crippen LogP contribution >= 0.6 is 19.4 Å². The SMILES string of the molecule is CC(=O)c1ccc[n+]([C@@H]2O[C@H](COP3(=O)OCCC(c4cccc(Cl)c4)O3)C(O)[C@@H]2O)c1. The van der Waals surface area contributed by atoms with E-state index in [1.807, 2.05) is 6.07 Å². The van der Waals surface area contributed by atoms with E-state index in [0.29, 0.717) is 17.0 Å². The van der Waals surface area contributed by atoms with E-state index in [2.05, 4.69) is 0 Å². The average Bonchev–Trinajstić information content (AvgIpc) is 3.06. The number of halogens is 1. The van der Waals surface area contributed by atoms with Gasteiger partial charge < -0.3 is 14.9 Å². The van der Waals surface area contributed by atoms with Crippen molar-refractivity contribution in [2.24, 2.45) is 0 Å². The molecule has 2 fully saturated rings. The molecule has 6 atom stereocenters. The first-order valence-corrected chi connectivity index (χ1v) is 12.0. The highest BCUT2D eigenvalue weighted by atomic mass is 35.5. The van der Waals surface area contributed by atoms with Gasteiger partial charge in [-0.2, -0.15) is 4.57 Å². The maximum Gasteiger partial charge on any atom is 0.475 e. The minimum atomic E-state index is -3.93. The molecule has 2 aliphatic heterocycles. The summed E-state index contributed by atoms with van der Waals surface area (Å²) in [7, 11) is -3.93. The largest absolute Gasteiger partial charge is 0.475 e. The minimum absolute atomic E-state index is 0.147. The van der Waals surface area contributed by atoms with Crippen molar-refractivity contribution in [2.75, 3.05) is 13.2 Å². The third-order valence-corrected chi connectivity index (χ3v) is 7.07. The first kappa shape index (κ1) is 23.5. The number of phosphoric acid groups is 1. The lowest BCUT2D eigenvalue weighted by Crippen LogP contribution is -2.46. The number of Topliss-reactive ketones (excluding diaryl/α,β-unsaturated/α-hetero) is 1. The molecular weight excluding hydrogens is 461 g/mol. The topological polar surface area (TPSA) is 115 Å². The highest BCUT2D eigenvalue weighted by Crippen LogP contribution is 2.57. The number of hydrogen-bond donors (Lipinski definition) is 2. The molecule has 0 aliphatic carbocycles. The van der Waals surface area contributed by atoms with E-state index in [4.69, 9.17) is 29.9 Å². The van der Waals surface area contributed by atoms with Gasteiger partial charge in [0.2, 0.25) is 0 Å². The normalized spacial score (nSPS) is 32.7. The molecule has 9 nitrogen and oxygen atoms in total. The van der Waals surface area contributed by atoms with Gasteiger partial charge in [-0.05, 0) is 30.7 Å². The summed E-state index contributed by atoms with van der Waals surface area (Å²) in [5, 5.41) is 21.4. The number of aromatic nitrogens is 1. The fourth-order valence-corrected chi connectivity index (χ4v) is 5.24. The average molecular weight is 485 g/mol. The van der Waals surface area contributed by atoms with E-state index in [-0.39, 0.29) is 19.0 Å². The van der Waals surface area contributed by atoms with E-state index < -0.39 is 38.5 Å². The van der Waals surface area contributed by atoms with Crippen molar-refractivity contribution in [1.82, 2.24) is 0 Å². The second-order valence-corrected chi connectivity index (χ2v) is 9.71. The summed E-state index contributed by atoms with van der Waals surface area (Å²) in [5.41, 5.74) is 1.18. The van der Waals surface area contributed by atoms with E-state index in [1.54, 1.807) is 36.5 Å². The maximum atomic E-state index is 13.0. The molecule has 0 saturated carbocycles. The van der Waals surface area contributed by atoms with Crippen LogP contribution in [0.3, 0.4) is 0 Å². The monoisotopic (exact) mass is 484 g/mol. The number of carbonyl (C=O) groups is 1. The minimum Gasteiger partial charge on any atom is -0.387 e. The highest BCUT2D eigenvalue weighted by Gasteiger charge is 2.49. The predicted octanol–water partition coefficient (Wildman–Crippen LogP) is 2.75. The number of rotatable bonds is 6. The van der Waals surface area contributed by atoms with Crippen molar-refractivity contribution in [3.05, 3.63) is 64.9 Å². The standard InChI is InChI=1S/C21H24ClNO8P/c1-13(24)15-5-3-8-23(11-15)21-20(26)19(25)18(30-21)12-29-32(27)28-9-7-17(31-32)14-4-2-6-16(22)10-14/h2-6,8,10-11,17-21,25-26H,7,9,12H2,1H3/q+1/t17?,18-,19?,20+,21-,32?/m1/s1. The van der Waals surface area contributed by atoms with Crippen LogP contribution in [0.15, 0.2) is 48.8 Å². The van der Waals surface area contributed by atoms with Gasteiger partial charge in [0.15, 0.2) is 24.3 Å². The van der Waals surface area contributed by atoms with Crippen LogP contribution in [0, 0.1) is 0 Å². The van der Waals surface area contributed by atoms with Gasteiger partial charge in [0.1, 0.15) is 12.2 Å². The molecule has 0 amide bonds. The number of ketones is 1. The molecule has 0 spiro atoms. The van der Waals surface area contributed by atoms with Gasteiger partial charge in [-0.1, -0.05) is 23.7 Å². The summed E-state index contributed by atoms with van der Waals surface area (Å²) in [6, 6.07) is 10.3. The first-order valence-electron chi connectivity index (χ1n) is 10.1. The second-order valence-electron chi connectivity index (χ2n) is 7.66. The van der Waals surface area contributed by atoms with Gasteiger partial charge in [-0.3, -0.25) is 18.4 Å². The number of pyridine rings is 1. The molecule has 0 bridgehead atoms. The Bertz CT molecular complexity index is 1040. The van der Waals surface area contributed by atoms with Crippen molar-refractivity contribution in [2.45, 2.75) is 44.0 Å². The van der Waals surface area contributed by atoms with Crippen molar-refractivity contribution in [3.63, 3.8) is 0 Å². The fourth-order valence-electron chi connectivity index (χ4n) is 3.65. The summed E-state index contributed by atoms with van der Waals surface area (Å²) in [5.74, 6) is -0.147. The summed E-state index contributed by atoms with van der Waals surface area (Å²) < 4.78 is 36.5. The molecule has 2 saturated heterocycles. The molecule has 11 heteroatoms. The van der Waals surface area contributed by atoms with E-state index in [1.165, 1.54) is 17.7 Å². The number of aliphatic hydroxyl groups is 2. The third-order valence-electron chi connectivity index (χ3n) is 5.36. The number of carbonyl (C=O) groups excluding carboxylic acids is 1. The van der Waals surface area contributed by atoms with Gasteiger partial charge in [-0.25, -0.2) is 4.57 Å². The molecule has 2 aliphatic rings. The Kier molecular flexibility index (Phi) is 7.09. The number of nitrogens with zero attached hydrogens (tertiary/aromatic N) is 1. The lowest BCUT2D eigenvalue weighted by Gasteiger charge is -2.29. The lowest BCUT2D eigenvalue weighted by molar-refractivity contribution is -0.765. The molecule has 0 radical (unpaired) electrons. The lowest BCUT2D eigenvalue weighted by atomic mass is 10.1. The Balaban J connectivity index is 1.41. The van der Waals surface area contributed by atoms with Gasteiger partial charge >= 0.3 is 7.82 Å². The zero-order valence-corrected chi connectivity index (χ0v) is 18.9. The molecule has 1 aromatic carbocycles. The second kappa shape index (κ2) is 9.67. The summed E-state index contributed by atoms with van der Waals surface area (Å²) in [6.45, 7) is 1.25.